The van der Waals surface area contributed by atoms with Gasteiger partial charge in [-0.2, -0.15) is 0 Å². The van der Waals surface area contributed by atoms with E-state index in [1.165, 1.54) is 56.6 Å². The van der Waals surface area contributed by atoms with Crippen molar-refractivity contribution < 1.29 is 33.7 Å². The predicted molar refractivity (Wildman–Crippen MR) is 209 cm³/mol. The smallest absolute Gasteiger partial charge is 0.344 e. The molecule has 3 fully saturated rings. The third kappa shape index (κ3) is 8.91. The number of ketones is 1. The average molecular weight is 731 g/mol. The van der Waals surface area contributed by atoms with Gasteiger partial charge in [0.15, 0.2) is 6.61 Å². The monoisotopic (exact) mass is 730 g/mol. The molecule has 1 aromatic carbocycles. The molecule has 0 amide bonds. The van der Waals surface area contributed by atoms with Gasteiger partial charge in [-0.1, -0.05) is 77.7 Å². The average Bonchev–Trinajstić information content (AvgIpc) is 3.47. The molecule has 3 saturated carbocycles. The molecular weight excluding hydrogens is 664 g/mol. The van der Waals surface area contributed by atoms with E-state index in [2.05, 4.69) is 40.7 Å². The summed E-state index contributed by atoms with van der Waals surface area (Å²) in [5.74, 6) is 3.94. The number of hydrogen-bond donors (Lipinski definition) is 1. The lowest BCUT2D eigenvalue weighted by Crippen LogP contribution is -2.51. The Labute approximate surface area is 318 Å². The summed E-state index contributed by atoms with van der Waals surface area (Å²) in [5, 5.41) is 10.9. The molecule has 7 heteroatoms. The summed E-state index contributed by atoms with van der Waals surface area (Å²) in [4.78, 5) is 38.1. The lowest BCUT2D eigenvalue weighted by atomic mass is 9.47. The molecule has 0 bridgehead atoms. The van der Waals surface area contributed by atoms with Crippen LogP contribution in [-0.2, 0) is 19.1 Å². The Balaban J connectivity index is 1.05. The highest BCUT2D eigenvalue weighted by atomic mass is 16.6. The van der Waals surface area contributed by atoms with Gasteiger partial charge in [-0.3, -0.25) is 4.79 Å². The molecule has 0 radical (unpaired) electrons. The number of benzene rings is 1. The van der Waals surface area contributed by atoms with Crippen molar-refractivity contribution in [2.24, 2.45) is 46.3 Å². The third-order valence-corrected chi connectivity index (χ3v) is 14.4. The number of rotatable bonds is 9. The van der Waals surface area contributed by atoms with Crippen LogP contribution in [0.4, 0.5) is 0 Å². The van der Waals surface area contributed by atoms with Crippen LogP contribution >= 0.6 is 0 Å². The molecule has 5 aliphatic rings. The van der Waals surface area contributed by atoms with E-state index < -0.39 is 11.9 Å². The Morgan fingerprint density at radius 3 is 2.60 bits per heavy atom. The number of fused-ring (bicyclic) bond motifs is 6. The zero-order chi connectivity index (χ0) is 37.8. The summed E-state index contributed by atoms with van der Waals surface area (Å²) in [5.41, 5.74) is 2.66. The van der Waals surface area contributed by atoms with Crippen molar-refractivity contribution >= 4 is 23.8 Å². The third-order valence-electron chi connectivity index (χ3n) is 14.4. The van der Waals surface area contributed by atoms with Gasteiger partial charge in [0, 0.05) is 25.3 Å². The minimum absolute atomic E-state index is 0.0690. The van der Waals surface area contributed by atoms with Crippen molar-refractivity contribution in [3.63, 3.8) is 0 Å². The second-order valence-corrected chi connectivity index (χ2v) is 18.3. The molecule has 1 aliphatic heterocycles. The minimum Gasteiger partial charge on any atom is -0.507 e. The standard InChI is InChI=1S/C46H66O7/c1-30(2)12-11-13-31(3)38-19-20-39-37-18-17-33-27-35(21-23-45(33,4)40(37)22-24-46(38,39)5)53-42(49)29-52-36-26-32-14-7-6-8-15-34(47)16-9-10-25-51-44(50)43(32)41(48)28-36/h7,14,17,26,28,30-31,35,37-40,48H,6,8-13,15-16,18-25,27,29H2,1-5H3/b14-7+. The van der Waals surface area contributed by atoms with E-state index in [4.69, 9.17) is 14.2 Å². The number of hydrogen-bond acceptors (Lipinski definition) is 7. The lowest BCUT2D eigenvalue weighted by molar-refractivity contribution is -0.154. The van der Waals surface area contributed by atoms with Gasteiger partial charge < -0.3 is 19.3 Å². The van der Waals surface area contributed by atoms with Crippen LogP contribution in [-0.4, -0.2) is 42.1 Å². The summed E-state index contributed by atoms with van der Waals surface area (Å²) in [6.07, 6.45) is 23.1. The van der Waals surface area contributed by atoms with Crippen LogP contribution in [0.15, 0.2) is 29.9 Å². The van der Waals surface area contributed by atoms with Gasteiger partial charge in [-0.25, -0.2) is 9.59 Å². The lowest BCUT2D eigenvalue weighted by Gasteiger charge is -2.58. The summed E-state index contributed by atoms with van der Waals surface area (Å²) < 4.78 is 17.3. The number of ether oxygens (including phenoxy) is 3. The van der Waals surface area contributed by atoms with Crippen molar-refractivity contribution in [3.05, 3.63) is 41.0 Å². The first-order chi connectivity index (χ1) is 25.4. The van der Waals surface area contributed by atoms with E-state index in [1.807, 2.05) is 6.08 Å². The minimum atomic E-state index is -0.624. The van der Waals surface area contributed by atoms with E-state index in [-0.39, 0.29) is 47.6 Å². The zero-order valence-corrected chi connectivity index (χ0v) is 33.3. The van der Waals surface area contributed by atoms with Crippen molar-refractivity contribution in [2.45, 2.75) is 150 Å². The fraction of sp³-hybridized carbons (Fsp3) is 0.717. The quantitative estimate of drug-likeness (QED) is 0.199. The van der Waals surface area contributed by atoms with Crippen molar-refractivity contribution in [1.29, 1.82) is 0 Å². The molecule has 53 heavy (non-hydrogen) atoms. The van der Waals surface area contributed by atoms with Crippen LogP contribution in [0.25, 0.3) is 6.08 Å². The maximum atomic E-state index is 13.1. The van der Waals surface area contributed by atoms with Gasteiger partial charge in [0.05, 0.1) is 6.61 Å². The van der Waals surface area contributed by atoms with E-state index in [0.717, 1.165) is 61.7 Å². The Hall–Kier alpha value is -3.09. The molecule has 8 atom stereocenters. The first kappa shape index (κ1) is 39.6. The number of phenolic OH excluding ortho intramolecular Hbond substituents is 1. The second kappa shape index (κ2) is 17.1. The van der Waals surface area contributed by atoms with Crippen LogP contribution in [0.5, 0.6) is 11.5 Å². The number of esters is 2. The number of cyclic esters (lactones) is 1. The first-order valence-corrected chi connectivity index (χ1v) is 21.1. The van der Waals surface area contributed by atoms with Crippen LogP contribution in [0.2, 0.25) is 0 Å². The van der Waals surface area contributed by atoms with E-state index >= 15 is 0 Å². The second-order valence-electron chi connectivity index (χ2n) is 18.3. The van der Waals surface area contributed by atoms with Crippen LogP contribution in [0.3, 0.4) is 0 Å². The van der Waals surface area contributed by atoms with Gasteiger partial charge in [-0.15, -0.1) is 0 Å². The van der Waals surface area contributed by atoms with E-state index in [1.54, 1.807) is 12.1 Å². The Morgan fingerprint density at radius 2 is 1.79 bits per heavy atom. The number of Topliss-reactive ketones (excluding diaryl/α,β-unsaturated/α-hetero) is 1. The first-order valence-electron chi connectivity index (χ1n) is 21.1. The molecule has 1 N–H and O–H groups in total. The highest BCUT2D eigenvalue weighted by Crippen LogP contribution is 2.67. The van der Waals surface area contributed by atoms with Gasteiger partial charge in [0.2, 0.25) is 0 Å². The van der Waals surface area contributed by atoms with Crippen LogP contribution < -0.4 is 4.74 Å². The number of allylic oxidation sites excluding steroid dienone is 2. The maximum Gasteiger partial charge on any atom is 0.344 e. The fourth-order valence-corrected chi connectivity index (χ4v) is 11.6. The summed E-state index contributed by atoms with van der Waals surface area (Å²) >= 11 is 0. The maximum absolute atomic E-state index is 13.1. The summed E-state index contributed by atoms with van der Waals surface area (Å²) in [6, 6.07) is 3.00. The van der Waals surface area contributed by atoms with Crippen molar-refractivity contribution in [3.8, 4) is 11.5 Å². The fourth-order valence-electron chi connectivity index (χ4n) is 11.6. The molecule has 8 unspecified atom stereocenters. The highest BCUT2D eigenvalue weighted by Gasteiger charge is 2.59. The van der Waals surface area contributed by atoms with Gasteiger partial charge in [-0.05, 0) is 129 Å². The number of aromatic hydroxyl groups is 1. The topological polar surface area (TPSA) is 99.1 Å². The molecule has 0 spiro atoms. The summed E-state index contributed by atoms with van der Waals surface area (Å²) in [7, 11) is 0. The van der Waals surface area contributed by atoms with E-state index in [0.29, 0.717) is 49.0 Å². The van der Waals surface area contributed by atoms with Crippen LogP contribution in [0.1, 0.15) is 160 Å². The number of carbonyl (C=O) groups is 3. The molecular formula is C46H66O7. The SMILES string of the molecule is CC(C)CCCC(C)C1CCC2C3CC=C4CC(OC(=O)COc5cc(O)c6c(c5)/C=C/CCCC(=O)CCCCOC6=O)CCC4(C)C3CCC12C. The Bertz CT molecular complexity index is 1540. The van der Waals surface area contributed by atoms with Crippen molar-refractivity contribution in [1.82, 2.24) is 0 Å². The largest absolute Gasteiger partial charge is 0.507 e. The number of phenols is 1. The van der Waals surface area contributed by atoms with Crippen molar-refractivity contribution in [2.75, 3.05) is 13.2 Å². The molecule has 0 aromatic heterocycles. The van der Waals surface area contributed by atoms with Gasteiger partial charge in [0.1, 0.15) is 28.9 Å². The number of carbonyl (C=O) groups excluding carboxylic acids is 3. The van der Waals surface area contributed by atoms with Crippen LogP contribution in [0, 0.1) is 46.3 Å². The Morgan fingerprint density at radius 1 is 0.981 bits per heavy atom. The zero-order valence-electron chi connectivity index (χ0n) is 33.3. The van der Waals surface area contributed by atoms with Gasteiger partial charge in [0.25, 0.3) is 0 Å². The summed E-state index contributed by atoms with van der Waals surface area (Å²) in [6.45, 7) is 12.3. The molecule has 6 rings (SSSR count). The molecule has 4 aliphatic carbocycles. The highest BCUT2D eigenvalue weighted by molar-refractivity contribution is 5.97. The normalized spacial score (nSPS) is 33.2. The molecule has 1 aromatic rings. The molecule has 0 saturated heterocycles. The van der Waals surface area contributed by atoms with Gasteiger partial charge >= 0.3 is 11.9 Å². The molecule has 7 nitrogen and oxygen atoms in total. The Kier molecular flexibility index (Phi) is 12.8. The molecule has 292 valence electrons. The predicted octanol–water partition coefficient (Wildman–Crippen LogP) is 10.8. The molecule has 1 heterocycles. The van der Waals surface area contributed by atoms with E-state index in [9.17, 15) is 19.5 Å².